The number of aryl methyl sites for hydroxylation is 4. The van der Waals surface area contributed by atoms with Crippen molar-refractivity contribution in [2.45, 2.75) is 46.5 Å². The molecule has 8 aromatic rings. The Morgan fingerprint density at radius 3 is 1.85 bits per heavy atom. The maximum absolute atomic E-state index is 11.5. The fourth-order valence-electron chi connectivity index (χ4n) is 6.84. The minimum absolute atomic E-state index is 0. The molecular formula is C37H34N8O6Y2-2. The SMILES string of the molecule is COc1onc(C)c1-c1cc2ncc3[nH]c(=O)[n-]c3c2cc1C.COc1onc(C)c1-c1cc2ncc3nc(C4CCOCC4)[n-]c3c2cc1C.[Y].[Y]. The summed E-state index contributed by atoms with van der Waals surface area (Å²) in [6.07, 6.45) is 5.36. The first-order chi connectivity index (χ1) is 24.7. The molecule has 53 heavy (non-hydrogen) atoms. The normalized spacial score (nSPS) is 13.2. The van der Waals surface area contributed by atoms with Crippen LogP contribution in [0.1, 0.15) is 47.1 Å². The number of imidazole rings is 2. The van der Waals surface area contributed by atoms with E-state index in [-0.39, 0.29) is 71.1 Å². The van der Waals surface area contributed by atoms with Crippen LogP contribution in [0.25, 0.3) is 66.1 Å². The smallest absolute Gasteiger partial charge is 0.319 e. The molecule has 0 atom stereocenters. The van der Waals surface area contributed by atoms with Crippen molar-refractivity contribution in [3.05, 3.63) is 75.5 Å². The minimum atomic E-state index is -0.368. The first-order valence-electron chi connectivity index (χ1n) is 16.5. The van der Waals surface area contributed by atoms with Crippen LogP contribution in [0.5, 0.6) is 11.9 Å². The average molecular weight is 865 g/mol. The Morgan fingerprint density at radius 1 is 0.736 bits per heavy atom. The van der Waals surface area contributed by atoms with Gasteiger partial charge in [-0.25, -0.2) is 0 Å². The van der Waals surface area contributed by atoms with Crippen LogP contribution < -0.4 is 25.1 Å². The van der Waals surface area contributed by atoms with Gasteiger partial charge in [0.25, 0.3) is 0 Å². The Hall–Kier alpha value is -3.81. The van der Waals surface area contributed by atoms with Gasteiger partial charge in [0.1, 0.15) is 0 Å². The van der Waals surface area contributed by atoms with Gasteiger partial charge >= 0.3 is 11.9 Å². The number of ether oxygens (including phenoxy) is 3. The summed E-state index contributed by atoms with van der Waals surface area (Å²) < 4.78 is 26.5. The number of benzene rings is 2. The number of aromatic nitrogens is 8. The Kier molecular flexibility index (Phi) is 11.7. The third-order valence-corrected chi connectivity index (χ3v) is 9.43. The fraction of sp³-hybridized carbons (Fsp3) is 0.297. The van der Waals surface area contributed by atoms with Crippen LogP contribution in [-0.2, 0) is 70.2 Å². The van der Waals surface area contributed by atoms with Gasteiger partial charge < -0.3 is 43.2 Å². The van der Waals surface area contributed by atoms with E-state index in [2.05, 4.69) is 49.3 Å². The summed E-state index contributed by atoms with van der Waals surface area (Å²) in [6.45, 7) is 9.36. The Balaban J connectivity index is 0.000000178. The zero-order chi connectivity index (χ0) is 35.4. The molecule has 1 fully saturated rings. The van der Waals surface area contributed by atoms with Crippen LogP contribution >= 0.6 is 0 Å². The van der Waals surface area contributed by atoms with Gasteiger partial charge in [-0.1, -0.05) is 16.1 Å². The van der Waals surface area contributed by atoms with E-state index in [1.54, 1.807) is 20.4 Å². The summed E-state index contributed by atoms with van der Waals surface area (Å²) in [7, 11) is 3.13. The quantitative estimate of drug-likeness (QED) is 0.206. The van der Waals surface area contributed by atoms with E-state index in [1.807, 2.05) is 39.1 Å². The second-order valence-corrected chi connectivity index (χ2v) is 12.7. The van der Waals surface area contributed by atoms with Crippen molar-refractivity contribution in [3.63, 3.8) is 0 Å². The van der Waals surface area contributed by atoms with Gasteiger partial charge in [-0.15, -0.1) is 0 Å². The molecule has 2 aromatic carbocycles. The van der Waals surface area contributed by atoms with E-state index >= 15 is 0 Å². The number of pyridine rings is 2. The number of nitrogens with one attached hydrogen (secondary N) is 1. The predicted molar refractivity (Wildman–Crippen MR) is 189 cm³/mol. The molecule has 1 saturated heterocycles. The Labute approximate surface area is 353 Å². The summed E-state index contributed by atoms with van der Waals surface area (Å²) in [5.41, 5.74) is 11.5. The number of fused-ring (bicyclic) bond motifs is 6. The van der Waals surface area contributed by atoms with Crippen LogP contribution in [0.3, 0.4) is 0 Å². The number of nitrogens with zero attached hydrogens (tertiary/aromatic N) is 7. The summed E-state index contributed by atoms with van der Waals surface area (Å²) >= 11 is 0. The molecule has 0 amide bonds. The fourth-order valence-corrected chi connectivity index (χ4v) is 6.84. The van der Waals surface area contributed by atoms with Crippen molar-refractivity contribution >= 4 is 43.9 Å². The Bertz CT molecular complexity index is 2650. The zero-order valence-corrected chi connectivity index (χ0v) is 35.8. The van der Waals surface area contributed by atoms with E-state index < -0.39 is 0 Å². The van der Waals surface area contributed by atoms with Crippen LogP contribution in [0, 0.1) is 27.7 Å². The van der Waals surface area contributed by atoms with Crippen molar-refractivity contribution in [1.82, 2.24) is 40.2 Å². The van der Waals surface area contributed by atoms with E-state index in [9.17, 15) is 4.79 Å². The molecule has 1 N–H and O–H groups in total. The van der Waals surface area contributed by atoms with E-state index in [1.165, 1.54) is 0 Å². The third-order valence-electron chi connectivity index (χ3n) is 9.43. The molecule has 1 aliphatic rings. The van der Waals surface area contributed by atoms with Gasteiger partial charge in [-0.05, 0) is 115 Å². The molecule has 9 rings (SSSR count). The maximum Gasteiger partial charge on any atom is 0.319 e. The number of hydrogen-bond donors (Lipinski definition) is 1. The minimum Gasteiger partial charge on any atom is -0.467 e. The van der Waals surface area contributed by atoms with E-state index in [4.69, 9.17) is 33.2 Å². The number of hydrogen-bond acceptors (Lipinski definition) is 11. The van der Waals surface area contributed by atoms with Gasteiger partial charge in [0.05, 0.1) is 47.8 Å². The van der Waals surface area contributed by atoms with Gasteiger partial charge in [-0.3, -0.25) is 14.8 Å². The number of H-pyrrole nitrogens is 1. The van der Waals surface area contributed by atoms with Crippen LogP contribution in [0.2, 0.25) is 0 Å². The van der Waals surface area contributed by atoms with Crippen LogP contribution in [-0.4, -0.2) is 57.7 Å². The molecule has 7 heterocycles. The van der Waals surface area contributed by atoms with Gasteiger partial charge in [0.2, 0.25) is 0 Å². The van der Waals surface area contributed by atoms with Crippen LogP contribution in [0.15, 0.2) is 50.5 Å². The summed E-state index contributed by atoms with van der Waals surface area (Å²) in [5, 5.41) is 9.84. The largest absolute Gasteiger partial charge is 0.467 e. The van der Waals surface area contributed by atoms with Crippen molar-refractivity contribution < 1.29 is 88.7 Å². The molecule has 0 unspecified atom stereocenters. The maximum atomic E-state index is 11.5. The molecule has 0 saturated carbocycles. The van der Waals surface area contributed by atoms with Gasteiger partial charge in [0, 0.05) is 102 Å². The summed E-state index contributed by atoms with van der Waals surface area (Å²) in [6, 6.07) is 8.07. The average Bonchev–Trinajstić information content (AvgIpc) is 3.93. The molecule has 14 nitrogen and oxygen atoms in total. The third kappa shape index (κ3) is 7.12. The van der Waals surface area contributed by atoms with Gasteiger partial charge in [0.15, 0.2) is 5.69 Å². The second-order valence-electron chi connectivity index (χ2n) is 12.7. The number of rotatable bonds is 5. The topological polar surface area (TPSA) is 179 Å². The number of methoxy groups -OCH3 is 2. The first kappa shape index (κ1) is 38.9. The molecular weight excluding hydrogens is 830 g/mol. The molecule has 16 heteroatoms. The monoisotopic (exact) mass is 864 g/mol. The second kappa shape index (κ2) is 15.9. The molecule has 6 aromatic heterocycles. The van der Waals surface area contributed by atoms with Gasteiger partial charge in [-0.2, -0.15) is 0 Å². The molecule has 0 aliphatic carbocycles. The molecule has 0 spiro atoms. The molecule has 266 valence electrons. The zero-order valence-electron chi connectivity index (χ0n) is 30.1. The van der Waals surface area contributed by atoms with Crippen molar-refractivity contribution in [3.8, 4) is 34.1 Å². The van der Waals surface area contributed by atoms with Crippen molar-refractivity contribution in [2.24, 2.45) is 0 Å². The standard InChI is InChI=1S/C21H21N4O3.C16H14N4O3.2Y/c1-11-8-15-16(9-14(11)18-12(2)25-28-21(18)26-3)22-10-17-19(15)24-20(23-17)13-4-6-27-7-5-13;1-7-4-10-11(17-6-12-14(10)19-16(21)18-12)5-9(7)13-8(2)20-23-15(13)22-3;;/h8-10,13H,4-7H2,1-3H3;4-6H,1-3H3,(H2,17,18,19,21);;/q-1;;;/p-1. The summed E-state index contributed by atoms with van der Waals surface area (Å²) in [5.74, 6) is 2.05. The summed E-state index contributed by atoms with van der Waals surface area (Å²) in [4.78, 5) is 36.9. The molecule has 1 aliphatic heterocycles. The first-order valence-corrected chi connectivity index (χ1v) is 16.5. The predicted octanol–water partition coefficient (Wildman–Crippen LogP) is 6.22. The molecule has 0 bridgehead atoms. The van der Waals surface area contributed by atoms with E-state index in [0.29, 0.717) is 28.8 Å². The Morgan fingerprint density at radius 2 is 1.28 bits per heavy atom. The van der Waals surface area contributed by atoms with Crippen LogP contribution in [0.4, 0.5) is 0 Å². The van der Waals surface area contributed by atoms with E-state index in [0.717, 1.165) is 109 Å². The van der Waals surface area contributed by atoms with Crippen molar-refractivity contribution in [2.75, 3.05) is 27.4 Å². The molecule has 2 radical (unpaired) electrons. The number of aromatic amines is 1. The van der Waals surface area contributed by atoms with Crippen molar-refractivity contribution in [1.29, 1.82) is 0 Å².